The lowest BCUT2D eigenvalue weighted by Gasteiger charge is -2.11. The Kier molecular flexibility index (Phi) is 5.41. The van der Waals surface area contributed by atoms with E-state index in [-0.39, 0.29) is 30.2 Å². The van der Waals surface area contributed by atoms with E-state index in [2.05, 4.69) is 10.5 Å². The number of nitrogens with zero attached hydrogens (tertiary/aromatic N) is 2. The Bertz CT molecular complexity index is 962. The number of ether oxygens (including phenoxy) is 1. The van der Waals surface area contributed by atoms with Crippen LogP contribution in [0.1, 0.15) is 34.6 Å². The second-order valence-corrected chi connectivity index (χ2v) is 6.63. The minimum absolute atomic E-state index is 0.104. The van der Waals surface area contributed by atoms with Crippen molar-refractivity contribution in [2.24, 2.45) is 5.10 Å². The normalized spacial score (nSPS) is 13.7. The number of rotatable bonds is 5. The number of benzene rings is 1. The Morgan fingerprint density at radius 2 is 2.04 bits per heavy atom. The summed E-state index contributed by atoms with van der Waals surface area (Å²) in [6.07, 6.45) is 0.366. The number of halogens is 1. The molecule has 1 aromatic heterocycles. The maximum atomic E-state index is 12.5. The fourth-order valence-corrected chi connectivity index (χ4v) is 3.16. The Balaban J connectivity index is 1.73. The second-order valence-electron chi connectivity index (χ2n) is 6.19. The van der Waals surface area contributed by atoms with Crippen LogP contribution in [-0.2, 0) is 14.3 Å². The summed E-state index contributed by atoms with van der Waals surface area (Å²) in [7, 11) is 0. The first-order chi connectivity index (χ1) is 12.9. The highest BCUT2D eigenvalue weighted by Gasteiger charge is 2.22. The third-order valence-corrected chi connectivity index (χ3v) is 4.51. The van der Waals surface area contributed by atoms with Crippen LogP contribution in [0.15, 0.2) is 35.4 Å². The molecule has 0 atom stereocenters. The maximum Gasteiger partial charge on any atom is 0.354 e. The summed E-state index contributed by atoms with van der Waals surface area (Å²) < 4.78 is 6.98. The Hall–Kier alpha value is -2.93. The largest absolute Gasteiger partial charge is 0.453 e. The van der Waals surface area contributed by atoms with Gasteiger partial charge in [-0.05, 0) is 38.1 Å². The second kappa shape index (κ2) is 7.75. The minimum atomic E-state index is -0.702. The summed E-state index contributed by atoms with van der Waals surface area (Å²) in [5, 5.41) is 4.26. The van der Waals surface area contributed by atoms with Gasteiger partial charge in [0.1, 0.15) is 5.71 Å². The van der Waals surface area contributed by atoms with E-state index in [9.17, 15) is 14.4 Å². The van der Waals surface area contributed by atoms with E-state index in [1.54, 1.807) is 12.1 Å². The van der Waals surface area contributed by atoms with E-state index >= 15 is 0 Å². The molecule has 0 radical (unpaired) electrons. The van der Waals surface area contributed by atoms with Gasteiger partial charge in [0.25, 0.3) is 0 Å². The summed E-state index contributed by atoms with van der Waals surface area (Å²) >= 11 is 6.06. The summed E-state index contributed by atoms with van der Waals surface area (Å²) in [4.78, 5) is 35.6. The van der Waals surface area contributed by atoms with Gasteiger partial charge in [0.2, 0.25) is 11.7 Å². The zero-order chi connectivity index (χ0) is 19.6. The van der Waals surface area contributed by atoms with Crippen molar-refractivity contribution >= 4 is 35.0 Å². The Morgan fingerprint density at radius 3 is 2.70 bits per heavy atom. The highest BCUT2D eigenvalue weighted by atomic mass is 35.5. The van der Waals surface area contributed by atoms with Crippen molar-refractivity contribution in [3.05, 3.63) is 52.3 Å². The number of amides is 1. The molecule has 3 rings (SSSR count). The molecule has 0 saturated heterocycles. The zero-order valence-electron chi connectivity index (χ0n) is 14.9. The van der Waals surface area contributed by atoms with Gasteiger partial charge in [-0.1, -0.05) is 17.7 Å². The number of Topliss-reactive ketones (excluding diaryl/α,β-unsaturated/α-hetero) is 1. The predicted octanol–water partition coefficient (Wildman–Crippen LogP) is 2.74. The van der Waals surface area contributed by atoms with Gasteiger partial charge in [-0.15, -0.1) is 0 Å². The van der Waals surface area contributed by atoms with Gasteiger partial charge < -0.3 is 9.30 Å². The van der Waals surface area contributed by atoms with Crippen molar-refractivity contribution in [2.75, 3.05) is 6.61 Å². The maximum absolute atomic E-state index is 12.5. The van der Waals surface area contributed by atoms with E-state index in [0.29, 0.717) is 10.6 Å². The van der Waals surface area contributed by atoms with Gasteiger partial charge in [0, 0.05) is 40.5 Å². The van der Waals surface area contributed by atoms with Crippen molar-refractivity contribution in [3.8, 4) is 5.69 Å². The molecule has 0 unspecified atom stereocenters. The van der Waals surface area contributed by atoms with Gasteiger partial charge in [-0.3, -0.25) is 9.59 Å². The molecule has 8 heteroatoms. The summed E-state index contributed by atoms with van der Waals surface area (Å²) in [6, 6.07) is 9.08. The van der Waals surface area contributed by atoms with Crippen LogP contribution < -0.4 is 5.43 Å². The SMILES string of the molecule is Cc1cc(C(=O)COC(=O)C2=NNC(=O)CC2)c(C)n1-c1cccc(Cl)c1. The van der Waals surface area contributed by atoms with Crippen LogP contribution in [0, 0.1) is 13.8 Å². The standard InChI is InChI=1S/C19H18ClN3O4/c1-11-8-15(12(2)23(11)14-5-3-4-13(20)9-14)17(24)10-27-19(26)16-6-7-18(25)22-21-16/h3-5,8-9H,6-7,10H2,1-2H3,(H,22,25). The van der Waals surface area contributed by atoms with Gasteiger partial charge >= 0.3 is 5.97 Å². The lowest BCUT2D eigenvalue weighted by Crippen LogP contribution is -2.31. The fraction of sp³-hybridized carbons (Fsp3) is 0.263. The first-order valence-corrected chi connectivity index (χ1v) is 8.75. The molecule has 1 amide bonds. The molecule has 2 heterocycles. The number of carbonyl (C=O) groups is 3. The minimum Gasteiger partial charge on any atom is -0.453 e. The highest BCUT2D eigenvalue weighted by Crippen LogP contribution is 2.23. The third kappa shape index (κ3) is 4.09. The lowest BCUT2D eigenvalue weighted by molar-refractivity contribution is -0.134. The average molecular weight is 388 g/mol. The molecule has 1 aromatic carbocycles. The summed E-state index contributed by atoms with van der Waals surface area (Å²) in [5.41, 5.74) is 5.25. The van der Waals surface area contributed by atoms with Crippen LogP contribution in [-0.4, -0.2) is 34.5 Å². The number of carbonyl (C=O) groups excluding carboxylic acids is 3. The summed E-state index contributed by atoms with van der Waals surface area (Å²) in [6.45, 7) is 3.31. The number of aromatic nitrogens is 1. The molecule has 27 heavy (non-hydrogen) atoms. The average Bonchev–Trinajstić information content (AvgIpc) is 2.94. The first-order valence-electron chi connectivity index (χ1n) is 8.37. The van der Waals surface area contributed by atoms with Crippen molar-refractivity contribution in [1.82, 2.24) is 9.99 Å². The van der Waals surface area contributed by atoms with E-state index < -0.39 is 12.6 Å². The van der Waals surface area contributed by atoms with Gasteiger partial charge in [-0.25, -0.2) is 10.2 Å². The van der Waals surface area contributed by atoms with Gasteiger partial charge in [-0.2, -0.15) is 5.10 Å². The third-order valence-electron chi connectivity index (χ3n) is 4.27. The van der Waals surface area contributed by atoms with Crippen LogP contribution in [0.25, 0.3) is 5.69 Å². The van der Waals surface area contributed by atoms with E-state index in [0.717, 1.165) is 17.1 Å². The van der Waals surface area contributed by atoms with Crippen LogP contribution >= 0.6 is 11.6 Å². The Morgan fingerprint density at radius 1 is 1.26 bits per heavy atom. The first kappa shape index (κ1) is 18.8. The molecule has 140 valence electrons. The van der Waals surface area contributed by atoms with E-state index in [1.165, 1.54) is 0 Å². The number of aryl methyl sites for hydroxylation is 1. The van der Waals surface area contributed by atoms with Gasteiger partial charge in [0.15, 0.2) is 6.61 Å². The lowest BCUT2D eigenvalue weighted by atomic mass is 10.1. The van der Waals surface area contributed by atoms with Crippen LogP contribution in [0.2, 0.25) is 5.02 Å². The van der Waals surface area contributed by atoms with E-state index in [1.807, 2.05) is 36.6 Å². The smallest absolute Gasteiger partial charge is 0.354 e. The topological polar surface area (TPSA) is 89.8 Å². The fourth-order valence-electron chi connectivity index (χ4n) is 2.97. The number of hydrogen-bond donors (Lipinski definition) is 1. The van der Waals surface area contributed by atoms with E-state index in [4.69, 9.17) is 16.3 Å². The molecule has 1 aliphatic heterocycles. The Labute approximate surface area is 161 Å². The molecule has 0 fully saturated rings. The van der Waals surface area contributed by atoms with Crippen LogP contribution in [0.5, 0.6) is 0 Å². The molecule has 0 saturated carbocycles. The number of nitrogens with one attached hydrogen (secondary N) is 1. The van der Waals surface area contributed by atoms with Crippen LogP contribution in [0.3, 0.4) is 0 Å². The van der Waals surface area contributed by atoms with Crippen molar-refractivity contribution in [3.63, 3.8) is 0 Å². The molecular formula is C19H18ClN3O4. The summed E-state index contributed by atoms with van der Waals surface area (Å²) in [5.74, 6) is -1.27. The van der Waals surface area contributed by atoms with Crippen molar-refractivity contribution in [1.29, 1.82) is 0 Å². The number of hydrogen-bond acceptors (Lipinski definition) is 5. The number of esters is 1. The number of ketones is 1. The quantitative estimate of drug-likeness (QED) is 0.631. The molecule has 0 spiro atoms. The monoisotopic (exact) mass is 387 g/mol. The number of hydrazone groups is 1. The molecule has 7 nitrogen and oxygen atoms in total. The highest BCUT2D eigenvalue weighted by molar-refractivity contribution is 6.37. The van der Waals surface area contributed by atoms with Crippen molar-refractivity contribution < 1.29 is 19.1 Å². The molecule has 1 aliphatic rings. The molecule has 0 aliphatic carbocycles. The molecule has 1 N–H and O–H groups in total. The zero-order valence-corrected chi connectivity index (χ0v) is 15.7. The van der Waals surface area contributed by atoms with Crippen molar-refractivity contribution in [2.45, 2.75) is 26.7 Å². The molecule has 0 bridgehead atoms. The molecule has 2 aromatic rings. The molecular weight excluding hydrogens is 370 g/mol. The van der Waals surface area contributed by atoms with Gasteiger partial charge in [0.05, 0.1) is 0 Å². The van der Waals surface area contributed by atoms with Crippen LogP contribution in [0.4, 0.5) is 0 Å². The predicted molar refractivity (Wildman–Crippen MR) is 100 cm³/mol.